The highest BCUT2D eigenvalue weighted by Gasteiger charge is 2.69. The first kappa shape index (κ1) is 24.5. The van der Waals surface area contributed by atoms with E-state index >= 15 is 0 Å². The lowest BCUT2D eigenvalue weighted by molar-refractivity contribution is -0.194. The van der Waals surface area contributed by atoms with Gasteiger partial charge in [0.2, 0.25) is 0 Å². The van der Waals surface area contributed by atoms with Gasteiger partial charge in [-0.15, -0.1) is 0 Å². The van der Waals surface area contributed by atoms with Crippen LogP contribution in [-0.4, -0.2) is 28.6 Å². The zero-order valence-electron chi connectivity index (χ0n) is 22.3. The highest BCUT2D eigenvalue weighted by Crippen LogP contribution is 2.75. The van der Waals surface area contributed by atoms with E-state index in [9.17, 15) is 19.8 Å². The minimum Gasteiger partial charge on any atom is -0.481 e. The number of rotatable bonds is 2. The molecule has 4 heteroatoms. The van der Waals surface area contributed by atoms with E-state index in [1.54, 1.807) is 0 Å². The van der Waals surface area contributed by atoms with Gasteiger partial charge in [-0.05, 0) is 97.2 Å². The largest absolute Gasteiger partial charge is 0.481 e. The second kappa shape index (κ2) is 7.20. The molecule has 0 unspecified atom stereocenters. The molecule has 0 aromatic rings. The molecular formula is C30H46O4. The van der Waals surface area contributed by atoms with Crippen LogP contribution in [0.1, 0.15) is 106 Å². The van der Waals surface area contributed by atoms with E-state index in [-0.39, 0.29) is 45.9 Å². The smallest absolute Gasteiger partial charge is 0.310 e. The van der Waals surface area contributed by atoms with Crippen LogP contribution < -0.4 is 0 Å². The van der Waals surface area contributed by atoms with E-state index < -0.39 is 16.8 Å². The lowest BCUT2D eigenvalue weighted by Gasteiger charge is -2.70. The SMILES string of the molecule is CC1(C)CC[C@]2(C(=O)O)CC[C@]3(C)C(=CC[C@@H]4[C@@]5(C)CCC(=O)[C@](C)(CO)[C@H]5CC[C@]43C)[C@@H]2C1. The number of carboxylic acid groups (broad SMARTS) is 1. The molecule has 0 aromatic carbocycles. The number of aliphatic hydroxyl groups is 1. The minimum atomic E-state index is -0.627. The minimum absolute atomic E-state index is 0.00198. The number of Topliss-reactive ketones (excluding diaryl/α,β-unsaturated/α-hetero) is 1. The number of aliphatic carboxylic acids is 1. The van der Waals surface area contributed by atoms with E-state index in [2.05, 4.69) is 40.7 Å². The van der Waals surface area contributed by atoms with E-state index in [1.165, 1.54) is 5.57 Å². The van der Waals surface area contributed by atoms with Crippen molar-refractivity contribution in [2.45, 2.75) is 106 Å². The van der Waals surface area contributed by atoms with Crippen molar-refractivity contribution in [1.29, 1.82) is 0 Å². The third-order valence-corrected chi connectivity index (χ3v) is 13.0. The number of carbonyl (C=O) groups is 2. The zero-order valence-corrected chi connectivity index (χ0v) is 22.3. The van der Waals surface area contributed by atoms with E-state index in [1.807, 2.05) is 6.92 Å². The summed E-state index contributed by atoms with van der Waals surface area (Å²) in [5.41, 5.74) is 0.512. The second-order valence-corrected chi connectivity index (χ2v) is 14.7. The molecule has 0 amide bonds. The Balaban J connectivity index is 1.60. The Morgan fingerprint density at radius 3 is 2.29 bits per heavy atom. The Labute approximate surface area is 206 Å². The van der Waals surface area contributed by atoms with E-state index in [4.69, 9.17) is 0 Å². The molecular weight excluding hydrogens is 424 g/mol. The van der Waals surface area contributed by atoms with Crippen LogP contribution >= 0.6 is 0 Å². The van der Waals surface area contributed by atoms with Gasteiger partial charge in [-0.2, -0.15) is 0 Å². The van der Waals surface area contributed by atoms with E-state index in [0.29, 0.717) is 12.3 Å². The van der Waals surface area contributed by atoms with Crippen molar-refractivity contribution in [3.63, 3.8) is 0 Å². The van der Waals surface area contributed by atoms with Crippen LogP contribution in [0.25, 0.3) is 0 Å². The fraction of sp³-hybridized carbons (Fsp3) is 0.867. The molecule has 5 rings (SSSR count). The summed E-state index contributed by atoms with van der Waals surface area (Å²) in [4.78, 5) is 25.7. The molecule has 0 saturated heterocycles. The molecule has 5 aliphatic carbocycles. The highest BCUT2D eigenvalue weighted by atomic mass is 16.4. The van der Waals surface area contributed by atoms with Crippen LogP contribution in [0.3, 0.4) is 0 Å². The third kappa shape index (κ3) is 2.81. The quantitative estimate of drug-likeness (QED) is 0.457. The number of allylic oxidation sites excluding steroid dienone is 2. The summed E-state index contributed by atoms with van der Waals surface area (Å²) in [6, 6.07) is 0. The first-order chi connectivity index (χ1) is 15.7. The van der Waals surface area contributed by atoms with Gasteiger partial charge in [0.05, 0.1) is 17.4 Å². The molecule has 0 aliphatic heterocycles. The van der Waals surface area contributed by atoms with Crippen molar-refractivity contribution in [2.75, 3.05) is 6.61 Å². The average Bonchev–Trinajstić information content (AvgIpc) is 2.76. The van der Waals surface area contributed by atoms with Gasteiger partial charge in [-0.3, -0.25) is 9.59 Å². The summed E-state index contributed by atoms with van der Waals surface area (Å²) in [7, 11) is 0. The maximum Gasteiger partial charge on any atom is 0.310 e. The van der Waals surface area contributed by atoms with Crippen molar-refractivity contribution >= 4 is 11.8 Å². The Morgan fingerprint density at radius 2 is 1.65 bits per heavy atom. The number of ketones is 1. The van der Waals surface area contributed by atoms with Crippen molar-refractivity contribution in [2.24, 2.45) is 50.2 Å². The Hall–Kier alpha value is -1.16. The highest BCUT2D eigenvalue weighted by molar-refractivity contribution is 5.86. The number of aliphatic hydroxyl groups excluding tert-OH is 1. The van der Waals surface area contributed by atoms with Gasteiger partial charge in [0.1, 0.15) is 5.78 Å². The first-order valence-corrected chi connectivity index (χ1v) is 13.8. The predicted octanol–water partition coefficient (Wildman–Crippen LogP) is 6.41. The van der Waals surface area contributed by atoms with Crippen molar-refractivity contribution in [3.05, 3.63) is 11.6 Å². The summed E-state index contributed by atoms with van der Waals surface area (Å²) in [5, 5.41) is 20.8. The predicted molar refractivity (Wildman–Crippen MR) is 133 cm³/mol. The average molecular weight is 471 g/mol. The molecule has 4 saturated carbocycles. The van der Waals surface area contributed by atoms with Gasteiger partial charge in [-0.25, -0.2) is 0 Å². The van der Waals surface area contributed by atoms with Crippen LogP contribution in [0.4, 0.5) is 0 Å². The zero-order chi connectivity index (χ0) is 24.9. The van der Waals surface area contributed by atoms with Gasteiger partial charge >= 0.3 is 5.97 Å². The number of hydrogen-bond donors (Lipinski definition) is 2. The summed E-state index contributed by atoms with van der Waals surface area (Å²) >= 11 is 0. The molecule has 190 valence electrons. The maximum atomic E-state index is 13.0. The molecule has 4 nitrogen and oxygen atoms in total. The van der Waals surface area contributed by atoms with E-state index in [0.717, 1.165) is 57.8 Å². The lowest BCUT2D eigenvalue weighted by atomic mass is 9.33. The maximum absolute atomic E-state index is 13.0. The molecule has 0 spiro atoms. The van der Waals surface area contributed by atoms with Crippen molar-refractivity contribution in [1.82, 2.24) is 0 Å². The van der Waals surface area contributed by atoms with Crippen LogP contribution in [0.5, 0.6) is 0 Å². The fourth-order valence-electron chi connectivity index (χ4n) is 10.4. The summed E-state index contributed by atoms with van der Waals surface area (Å²) in [5.74, 6) is 0.473. The van der Waals surface area contributed by atoms with Gasteiger partial charge in [0.15, 0.2) is 0 Å². The number of hydrogen-bond acceptors (Lipinski definition) is 3. The van der Waals surface area contributed by atoms with Crippen LogP contribution in [0.2, 0.25) is 0 Å². The van der Waals surface area contributed by atoms with Crippen molar-refractivity contribution in [3.8, 4) is 0 Å². The molecule has 4 fully saturated rings. The Kier molecular flexibility index (Phi) is 5.20. The molecule has 0 aromatic heterocycles. The summed E-state index contributed by atoms with van der Waals surface area (Å²) < 4.78 is 0. The van der Waals surface area contributed by atoms with Crippen molar-refractivity contribution < 1.29 is 19.8 Å². The van der Waals surface area contributed by atoms with Crippen LogP contribution in [0, 0.1) is 50.2 Å². The van der Waals surface area contributed by atoms with Crippen LogP contribution in [0.15, 0.2) is 11.6 Å². The molecule has 0 radical (unpaired) electrons. The monoisotopic (exact) mass is 470 g/mol. The van der Waals surface area contributed by atoms with Gasteiger partial charge in [-0.1, -0.05) is 53.2 Å². The van der Waals surface area contributed by atoms with Crippen LogP contribution in [-0.2, 0) is 9.59 Å². The number of carbonyl (C=O) groups excluding carboxylic acids is 1. The normalized spacial score (nSPS) is 51.9. The first-order valence-electron chi connectivity index (χ1n) is 13.8. The van der Waals surface area contributed by atoms with Gasteiger partial charge in [0, 0.05) is 6.42 Å². The molecule has 2 N–H and O–H groups in total. The van der Waals surface area contributed by atoms with Gasteiger partial charge < -0.3 is 10.2 Å². The third-order valence-electron chi connectivity index (χ3n) is 13.0. The molecule has 34 heavy (non-hydrogen) atoms. The Morgan fingerprint density at radius 1 is 0.971 bits per heavy atom. The molecule has 5 aliphatic rings. The van der Waals surface area contributed by atoms with Gasteiger partial charge in [0.25, 0.3) is 0 Å². The number of fused-ring (bicyclic) bond motifs is 7. The molecule has 8 atom stereocenters. The molecule has 0 bridgehead atoms. The fourth-order valence-corrected chi connectivity index (χ4v) is 10.4. The Bertz CT molecular complexity index is 949. The summed E-state index contributed by atoms with van der Waals surface area (Å²) in [6.45, 7) is 14.0. The second-order valence-electron chi connectivity index (χ2n) is 14.7. The lowest BCUT2D eigenvalue weighted by Crippen LogP contribution is -2.65. The summed E-state index contributed by atoms with van der Waals surface area (Å²) in [6.07, 6.45) is 11.5. The topological polar surface area (TPSA) is 74.6 Å². The number of carboxylic acids is 1. The standard InChI is InChI=1S/C30H46O4/c1-25(2)13-15-30(24(33)34)16-14-28(5)19(20(30)17-25)7-8-22-26(3)11-10-23(32)27(4,18-31)21(26)9-12-29(22,28)6/h7,20-22,31H,8-18H2,1-6H3,(H,33,34)/t20-,21-,22+,26-,27+,28+,29+,30-/m0/s1. The molecule has 0 heterocycles.